The summed E-state index contributed by atoms with van der Waals surface area (Å²) in [4.78, 5) is 37.3. The Bertz CT molecular complexity index is 721. The quantitative estimate of drug-likeness (QED) is 0.0369. The van der Waals surface area contributed by atoms with Crippen LogP contribution in [0.4, 0.5) is 0 Å². The molecule has 48 heavy (non-hydrogen) atoms. The highest BCUT2D eigenvalue weighted by atomic mass is 16.6. The molecule has 1 atom stereocenters. The van der Waals surface area contributed by atoms with Gasteiger partial charge in [-0.15, -0.1) is 0 Å². The van der Waals surface area contributed by atoms with E-state index in [2.05, 4.69) is 27.7 Å². The highest BCUT2D eigenvalue weighted by molar-refractivity contribution is 5.71. The molecule has 0 aromatic carbocycles. The van der Waals surface area contributed by atoms with Crippen molar-refractivity contribution >= 4 is 17.9 Å². The lowest BCUT2D eigenvalue weighted by molar-refractivity contribution is -0.167. The van der Waals surface area contributed by atoms with Gasteiger partial charge >= 0.3 is 17.9 Å². The molecule has 0 aromatic rings. The SMILES string of the molecule is CCCCCCCCCCCCCCC(=O)OC[C@@H](COC(=O)CCCCCCC)OC(=O)CCCCCCCCCCCCC(C)C. The molecular weight excluding hydrogens is 600 g/mol. The van der Waals surface area contributed by atoms with Crippen LogP contribution in [-0.4, -0.2) is 37.2 Å². The van der Waals surface area contributed by atoms with Crippen molar-refractivity contribution in [2.24, 2.45) is 5.92 Å². The molecular formula is C42H80O6. The first kappa shape index (κ1) is 46.4. The molecule has 0 spiro atoms. The van der Waals surface area contributed by atoms with E-state index in [9.17, 15) is 14.4 Å². The lowest BCUT2D eigenvalue weighted by Gasteiger charge is -2.18. The van der Waals surface area contributed by atoms with Crippen LogP contribution in [0.3, 0.4) is 0 Å². The molecule has 0 saturated carbocycles. The molecule has 0 radical (unpaired) electrons. The van der Waals surface area contributed by atoms with E-state index in [1.54, 1.807) is 0 Å². The lowest BCUT2D eigenvalue weighted by Crippen LogP contribution is -2.30. The summed E-state index contributed by atoms with van der Waals surface area (Å²) in [6.07, 6.45) is 34.0. The summed E-state index contributed by atoms with van der Waals surface area (Å²) < 4.78 is 16.6. The van der Waals surface area contributed by atoms with Gasteiger partial charge in [-0.25, -0.2) is 0 Å². The van der Waals surface area contributed by atoms with Crippen LogP contribution >= 0.6 is 0 Å². The van der Waals surface area contributed by atoms with E-state index in [1.807, 2.05) is 0 Å². The average Bonchev–Trinajstić information content (AvgIpc) is 3.06. The number of hydrogen-bond acceptors (Lipinski definition) is 6. The molecule has 0 aliphatic rings. The fraction of sp³-hybridized carbons (Fsp3) is 0.929. The smallest absolute Gasteiger partial charge is 0.306 e. The molecule has 0 aliphatic carbocycles. The zero-order valence-electron chi connectivity index (χ0n) is 32.4. The summed E-state index contributed by atoms with van der Waals surface area (Å²) in [7, 11) is 0. The molecule has 284 valence electrons. The zero-order chi connectivity index (χ0) is 35.3. The van der Waals surface area contributed by atoms with Crippen molar-refractivity contribution < 1.29 is 28.6 Å². The lowest BCUT2D eigenvalue weighted by atomic mass is 10.0. The average molecular weight is 681 g/mol. The van der Waals surface area contributed by atoms with Gasteiger partial charge in [0, 0.05) is 19.3 Å². The molecule has 0 heterocycles. The molecule has 0 fully saturated rings. The third-order valence-electron chi connectivity index (χ3n) is 9.29. The number of unbranched alkanes of at least 4 members (excludes halogenated alkanes) is 24. The van der Waals surface area contributed by atoms with Crippen LogP contribution in [0.2, 0.25) is 0 Å². The standard InChI is InChI=1S/C42H80O6/c1-5-7-9-11-12-13-14-15-19-22-26-30-34-41(44)47-37-39(36-46-40(43)33-29-24-10-8-6-2)48-42(45)35-31-27-23-20-17-16-18-21-25-28-32-38(3)4/h38-39H,5-37H2,1-4H3/t39-/m1/s1. The maximum atomic E-state index is 12.6. The van der Waals surface area contributed by atoms with Crippen molar-refractivity contribution in [3.05, 3.63) is 0 Å². The normalized spacial score (nSPS) is 11.9. The number of carbonyl (C=O) groups excluding carboxylic acids is 3. The van der Waals surface area contributed by atoms with E-state index in [0.29, 0.717) is 19.3 Å². The fourth-order valence-corrected chi connectivity index (χ4v) is 6.10. The van der Waals surface area contributed by atoms with Crippen LogP contribution in [0.15, 0.2) is 0 Å². The van der Waals surface area contributed by atoms with Crippen LogP contribution in [0, 0.1) is 5.92 Å². The van der Waals surface area contributed by atoms with E-state index >= 15 is 0 Å². The second kappa shape index (κ2) is 36.7. The van der Waals surface area contributed by atoms with Gasteiger partial charge in [-0.3, -0.25) is 14.4 Å². The summed E-state index contributed by atoms with van der Waals surface area (Å²) in [5.41, 5.74) is 0. The van der Waals surface area contributed by atoms with Crippen molar-refractivity contribution in [2.45, 2.75) is 233 Å². The molecule has 0 N–H and O–H groups in total. The number of carbonyl (C=O) groups is 3. The van der Waals surface area contributed by atoms with Crippen LogP contribution in [-0.2, 0) is 28.6 Å². The molecule has 6 nitrogen and oxygen atoms in total. The second-order valence-electron chi connectivity index (χ2n) is 14.7. The highest BCUT2D eigenvalue weighted by Gasteiger charge is 2.19. The van der Waals surface area contributed by atoms with Gasteiger partial charge in [0.1, 0.15) is 13.2 Å². The first-order valence-corrected chi connectivity index (χ1v) is 20.9. The fourth-order valence-electron chi connectivity index (χ4n) is 6.10. The van der Waals surface area contributed by atoms with Crippen molar-refractivity contribution in [1.29, 1.82) is 0 Å². The predicted molar refractivity (Wildman–Crippen MR) is 201 cm³/mol. The minimum atomic E-state index is -0.756. The van der Waals surface area contributed by atoms with Crippen LogP contribution in [0.25, 0.3) is 0 Å². The van der Waals surface area contributed by atoms with Gasteiger partial charge in [0.2, 0.25) is 0 Å². The Labute approximate surface area is 298 Å². The van der Waals surface area contributed by atoms with Gasteiger partial charge in [0.05, 0.1) is 0 Å². The van der Waals surface area contributed by atoms with Crippen LogP contribution < -0.4 is 0 Å². The topological polar surface area (TPSA) is 78.9 Å². The Morgan fingerprint density at radius 2 is 0.688 bits per heavy atom. The minimum Gasteiger partial charge on any atom is -0.462 e. The molecule has 0 aromatic heterocycles. The first-order valence-electron chi connectivity index (χ1n) is 20.9. The highest BCUT2D eigenvalue weighted by Crippen LogP contribution is 2.15. The van der Waals surface area contributed by atoms with E-state index in [4.69, 9.17) is 14.2 Å². The van der Waals surface area contributed by atoms with Gasteiger partial charge in [-0.1, -0.05) is 188 Å². The maximum absolute atomic E-state index is 12.6. The predicted octanol–water partition coefficient (Wildman–Crippen LogP) is 12.8. The second-order valence-corrected chi connectivity index (χ2v) is 14.7. The summed E-state index contributed by atoms with van der Waals surface area (Å²) in [6.45, 7) is 8.88. The van der Waals surface area contributed by atoms with Crippen molar-refractivity contribution in [2.75, 3.05) is 13.2 Å². The maximum Gasteiger partial charge on any atom is 0.306 e. The van der Waals surface area contributed by atoms with Crippen molar-refractivity contribution in [3.63, 3.8) is 0 Å². The molecule has 0 bridgehead atoms. The van der Waals surface area contributed by atoms with E-state index in [0.717, 1.165) is 70.1 Å². The van der Waals surface area contributed by atoms with Crippen LogP contribution in [0.5, 0.6) is 0 Å². The Kier molecular flexibility index (Phi) is 35.5. The Hall–Kier alpha value is -1.59. The number of hydrogen-bond donors (Lipinski definition) is 0. The summed E-state index contributed by atoms with van der Waals surface area (Å²) in [5.74, 6) is -0.0576. The van der Waals surface area contributed by atoms with Gasteiger partial charge in [-0.05, 0) is 25.2 Å². The Balaban J connectivity index is 4.23. The number of ether oxygens (including phenoxy) is 3. The first-order chi connectivity index (χ1) is 23.4. The van der Waals surface area contributed by atoms with Gasteiger partial charge in [0.15, 0.2) is 6.10 Å². The van der Waals surface area contributed by atoms with Gasteiger partial charge in [-0.2, -0.15) is 0 Å². The molecule has 0 amide bonds. The molecule has 0 saturated heterocycles. The van der Waals surface area contributed by atoms with Crippen LogP contribution in [0.1, 0.15) is 227 Å². The number of rotatable bonds is 37. The third-order valence-corrected chi connectivity index (χ3v) is 9.29. The molecule has 0 rings (SSSR count). The van der Waals surface area contributed by atoms with E-state index in [1.165, 1.54) is 116 Å². The molecule has 0 unspecified atom stereocenters. The van der Waals surface area contributed by atoms with E-state index in [-0.39, 0.29) is 31.1 Å². The Morgan fingerprint density at radius 3 is 1.02 bits per heavy atom. The summed E-state index contributed by atoms with van der Waals surface area (Å²) in [5, 5.41) is 0. The van der Waals surface area contributed by atoms with Gasteiger partial charge in [0.25, 0.3) is 0 Å². The largest absolute Gasteiger partial charge is 0.462 e. The molecule has 0 aliphatic heterocycles. The molecule has 6 heteroatoms. The van der Waals surface area contributed by atoms with E-state index < -0.39 is 6.10 Å². The van der Waals surface area contributed by atoms with Crippen molar-refractivity contribution in [1.82, 2.24) is 0 Å². The Morgan fingerprint density at radius 1 is 0.396 bits per heavy atom. The van der Waals surface area contributed by atoms with Gasteiger partial charge < -0.3 is 14.2 Å². The monoisotopic (exact) mass is 681 g/mol. The van der Waals surface area contributed by atoms with Crippen molar-refractivity contribution in [3.8, 4) is 0 Å². The zero-order valence-corrected chi connectivity index (χ0v) is 32.4. The number of esters is 3. The summed E-state index contributed by atoms with van der Waals surface area (Å²) >= 11 is 0. The summed E-state index contributed by atoms with van der Waals surface area (Å²) in [6, 6.07) is 0. The third kappa shape index (κ3) is 35.7. The minimum absolute atomic E-state index is 0.0654.